The maximum Gasteiger partial charge on any atom is 0.513 e. The van der Waals surface area contributed by atoms with Crippen LogP contribution in [-0.4, -0.2) is 12.3 Å². The molecule has 12 heavy (non-hydrogen) atoms. The Balaban J connectivity index is 2.73. The molecule has 1 aliphatic heterocycles. The lowest BCUT2D eigenvalue weighted by Crippen LogP contribution is -2.36. The van der Waals surface area contributed by atoms with Gasteiger partial charge in [-0.2, -0.15) is 0 Å². The topological polar surface area (TPSA) is 35.5 Å². The predicted molar refractivity (Wildman–Crippen MR) is 44.5 cm³/mol. The summed E-state index contributed by atoms with van der Waals surface area (Å²) in [4.78, 5) is 10.8. The molecule has 0 radical (unpaired) electrons. The molecule has 0 spiro atoms. The predicted octanol–water partition coefficient (Wildman–Crippen LogP) is 2.33. The van der Waals surface area contributed by atoms with E-state index < -0.39 is 6.16 Å². The van der Waals surface area contributed by atoms with Crippen LogP contribution >= 0.6 is 0 Å². The summed E-state index contributed by atoms with van der Waals surface area (Å²) in [6.07, 6.45) is -0.726. The average Bonchev–Trinajstić information content (AvgIpc) is 1.96. The molecular weight excluding hydrogens is 156 g/mol. The number of carbonyl (C=O) groups is 1. The van der Waals surface area contributed by atoms with Crippen molar-refractivity contribution >= 4 is 6.16 Å². The molecule has 1 fully saturated rings. The van der Waals surface area contributed by atoms with Gasteiger partial charge in [0.15, 0.2) is 0 Å². The number of carbonyl (C=O) groups excluding carboxylic acids is 1. The minimum atomic E-state index is -0.628. The van der Waals surface area contributed by atoms with Crippen molar-refractivity contribution < 1.29 is 14.3 Å². The number of ether oxygens (including phenoxy) is 2. The molecular formula is C9H14O3. The van der Waals surface area contributed by atoms with Crippen LogP contribution in [-0.2, 0) is 9.47 Å². The minimum absolute atomic E-state index is 0.0858. The normalized spacial score (nSPS) is 30.0. The van der Waals surface area contributed by atoms with Gasteiger partial charge in [0.05, 0.1) is 5.92 Å². The smallest absolute Gasteiger partial charge is 0.430 e. The maximum absolute atomic E-state index is 10.8. The highest BCUT2D eigenvalue weighted by Gasteiger charge is 2.34. The Morgan fingerprint density at radius 3 is 2.58 bits per heavy atom. The zero-order chi connectivity index (χ0) is 9.30. The first kappa shape index (κ1) is 9.10. The lowest BCUT2D eigenvalue weighted by Gasteiger charge is -2.31. The van der Waals surface area contributed by atoms with Crippen molar-refractivity contribution in [3.05, 3.63) is 12.3 Å². The lowest BCUT2D eigenvalue weighted by atomic mass is 9.93. The highest BCUT2D eigenvalue weighted by Crippen LogP contribution is 2.28. The molecule has 3 heteroatoms. The van der Waals surface area contributed by atoms with Crippen molar-refractivity contribution in [3.63, 3.8) is 0 Å². The third-order valence-corrected chi connectivity index (χ3v) is 2.10. The fourth-order valence-corrected chi connectivity index (χ4v) is 1.33. The van der Waals surface area contributed by atoms with Gasteiger partial charge in [0, 0.05) is 0 Å². The molecule has 0 N–H and O–H groups in total. The Labute approximate surface area is 72.4 Å². The first-order valence-electron chi connectivity index (χ1n) is 4.09. The molecule has 68 valence electrons. The summed E-state index contributed by atoms with van der Waals surface area (Å²) in [6.45, 7) is 9.61. The fraction of sp³-hybridized carbons (Fsp3) is 0.667. The molecule has 0 aromatic heterocycles. The Kier molecular flexibility index (Phi) is 2.40. The van der Waals surface area contributed by atoms with E-state index in [1.165, 1.54) is 0 Å². The summed E-state index contributed by atoms with van der Waals surface area (Å²) in [5, 5.41) is 0. The van der Waals surface area contributed by atoms with E-state index in [-0.39, 0.29) is 12.0 Å². The highest BCUT2D eigenvalue weighted by molar-refractivity contribution is 5.63. The average molecular weight is 170 g/mol. The van der Waals surface area contributed by atoms with Gasteiger partial charge in [0.2, 0.25) is 0 Å². The third-order valence-electron chi connectivity index (χ3n) is 2.10. The zero-order valence-electron chi connectivity index (χ0n) is 7.66. The van der Waals surface area contributed by atoms with E-state index in [4.69, 9.17) is 9.47 Å². The Morgan fingerprint density at radius 2 is 2.08 bits per heavy atom. The second-order valence-corrected chi connectivity index (χ2v) is 3.43. The van der Waals surface area contributed by atoms with Crippen LogP contribution in [0.2, 0.25) is 0 Å². The molecule has 3 nitrogen and oxygen atoms in total. The van der Waals surface area contributed by atoms with Crippen molar-refractivity contribution in [1.29, 1.82) is 0 Å². The summed E-state index contributed by atoms with van der Waals surface area (Å²) < 4.78 is 9.73. The molecule has 0 amide bonds. The standard InChI is InChI=1S/C9H14O3/c1-5(2)8-6(3)7(4)11-9(10)12-8/h5-6,8H,4H2,1-3H3/t6-,8+/m1/s1. The van der Waals surface area contributed by atoms with Gasteiger partial charge in [-0.15, -0.1) is 0 Å². The van der Waals surface area contributed by atoms with E-state index in [0.29, 0.717) is 11.7 Å². The molecule has 2 atom stereocenters. The van der Waals surface area contributed by atoms with Crippen LogP contribution < -0.4 is 0 Å². The Morgan fingerprint density at radius 1 is 1.50 bits per heavy atom. The SMILES string of the molecule is C=C1OC(=O)O[C@@H](C(C)C)[C@@H]1C. The van der Waals surface area contributed by atoms with Crippen LogP contribution in [0, 0.1) is 11.8 Å². The van der Waals surface area contributed by atoms with E-state index in [1.54, 1.807) is 0 Å². The van der Waals surface area contributed by atoms with Gasteiger partial charge in [0.25, 0.3) is 0 Å². The maximum atomic E-state index is 10.8. The van der Waals surface area contributed by atoms with Gasteiger partial charge in [-0.1, -0.05) is 27.4 Å². The van der Waals surface area contributed by atoms with Crippen LogP contribution in [0.1, 0.15) is 20.8 Å². The van der Waals surface area contributed by atoms with Gasteiger partial charge >= 0.3 is 6.16 Å². The Hall–Kier alpha value is -0.990. The van der Waals surface area contributed by atoms with Crippen LogP contribution in [0.15, 0.2) is 12.3 Å². The van der Waals surface area contributed by atoms with Crippen molar-refractivity contribution in [2.24, 2.45) is 11.8 Å². The van der Waals surface area contributed by atoms with E-state index in [2.05, 4.69) is 6.58 Å². The molecule has 0 aromatic rings. The summed E-state index contributed by atoms with van der Waals surface area (Å²) in [6, 6.07) is 0. The summed E-state index contributed by atoms with van der Waals surface area (Å²) >= 11 is 0. The van der Waals surface area contributed by atoms with Gasteiger partial charge in [-0.3, -0.25) is 0 Å². The van der Waals surface area contributed by atoms with E-state index in [0.717, 1.165) is 0 Å². The number of hydrogen-bond donors (Lipinski definition) is 0. The quantitative estimate of drug-likeness (QED) is 0.566. The molecule has 0 bridgehead atoms. The van der Waals surface area contributed by atoms with Gasteiger partial charge in [-0.25, -0.2) is 4.79 Å². The highest BCUT2D eigenvalue weighted by atomic mass is 16.7. The van der Waals surface area contributed by atoms with Crippen LogP contribution in [0.4, 0.5) is 4.79 Å². The number of cyclic esters (lactones) is 2. The Bertz CT molecular complexity index is 208. The monoisotopic (exact) mass is 170 g/mol. The van der Waals surface area contributed by atoms with Crippen molar-refractivity contribution in [2.75, 3.05) is 0 Å². The zero-order valence-corrected chi connectivity index (χ0v) is 7.66. The van der Waals surface area contributed by atoms with Crippen molar-refractivity contribution in [1.82, 2.24) is 0 Å². The lowest BCUT2D eigenvalue weighted by molar-refractivity contribution is -0.0396. The molecule has 1 saturated heterocycles. The number of rotatable bonds is 1. The fourth-order valence-electron chi connectivity index (χ4n) is 1.33. The van der Waals surface area contributed by atoms with E-state index in [1.807, 2.05) is 20.8 Å². The second kappa shape index (κ2) is 3.17. The first-order chi connectivity index (χ1) is 5.52. The molecule has 0 unspecified atom stereocenters. The minimum Gasteiger partial charge on any atom is -0.430 e. The van der Waals surface area contributed by atoms with Crippen molar-refractivity contribution in [2.45, 2.75) is 26.9 Å². The molecule has 1 heterocycles. The van der Waals surface area contributed by atoms with E-state index >= 15 is 0 Å². The largest absolute Gasteiger partial charge is 0.513 e. The molecule has 1 aliphatic rings. The summed E-state index contributed by atoms with van der Waals surface area (Å²) in [5.41, 5.74) is 0. The van der Waals surface area contributed by atoms with Crippen LogP contribution in [0.5, 0.6) is 0 Å². The number of hydrogen-bond acceptors (Lipinski definition) is 3. The molecule has 0 aromatic carbocycles. The van der Waals surface area contributed by atoms with Gasteiger partial charge < -0.3 is 9.47 Å². The van der Waals surface area contributed by atoms with Gasteiger partial charge in [-0.05, 0) is 5.92 Å². The molecule has 1 rings (SSSR count). The third kappa shape index (κ3) is 1.60. The summed E-state index contributed by atoms with van der Waals surface area (Å²) in [7, 11) is 0. The van der Waals surface area contributed by atoms with Crippen molar-refractivity contribution in [3.8, 4) is 0 Å². The molecule has 0 aliphatic carbocycles. The van der Waals surface area contributed by atoms with Crippen LogP contribution in [0.3, 0.4) is 0 Å². The summed E-state index contributed by atoms with van der Waals surface area (Å²) in [5.74, 6) is 0.886. The molecule has 0 saturated carbocycles. The van der Waals surface area contributed by atoms with Crippen LogP contribution in [0.25, 0.3) is 0 Å². The first-order valence-corrected chi connectivity index (χ1v) is 4.09. The van der Waals surface area contributed by atoms with E-state index in [9.17, 15) is 4.79 Å². The second-order valence-electron chi connectivity index (χ2n) is 3.43. The van der Waals surface area contributed by atoms with Gasteiger partial charge in [0.1, 0.15) is 11.9 Å².